The fraction of sp³-hybridized carbons (Fsp3) is 0. The Balaban J connectivity index is 1.40. The van der Waals surface area contributed by atoms with E-state index >= 15 is 0 Å². The van der Waals surface area contributed by atoms with Gasteiger partial charge in [-0.25, -0.2) is 8.42 Å². The van der Waals surface area contributed by atoms with Gasteiger partial charge in [0.25, 0.3) is 15.9 Å². The number of halogens is 1. The summed E-state index contributed by atoms with van der Waals surface area (Å²) in [5.41, 5.74) is 7.75. The molecule has 4 rings (SSSR count). The van der Waals surface area contributed by atoms with E-state index in [4.69, 9.17) is 0 Å². The van der Waals surface area contributed by atoms with Crippen molar-refractivity contribution >= 4 is 49.0 Å². The van der Waals surface area contributed by atoms with E-state index in [1.165, 1.54) is 42.5 Å². The number of rotatable bonds is 6. The first kappa shape index (κ1) is 20.8. The Bertz CT molecular complexity index is 1300. The van der Waals surface area contributed by atoms with Crippen molar-refractivity contribution in [2.75, 3.05) is 4.72 Å². The third-order valence-electron chi connectivity index (χ3n) is 4.59. The number of hydrogen-bond acceptors (Lipinski definition) is 5. The molecular weight excluding hydrogens is 482 g/mol. The van der Waals surface area contributed by atoms with E-state index in [1.807, 2.05) is 6.07 Å². The average molecular weight is 498 g/mol. The van der Waals surface area contributed by atoms with Crippen molar-refractivity contribution in [3.63, 3.8) is 0 Å². The maximum atomic E-state index is 12.5. The van der Waals surface area contributed by atoms with Crippen molar-refractivity contribution in [2.24, 2.45) is 0 Å². The van der Waals surface area contributed by atoms with Crippen LogP contribution in [0.3, 0.4) is 0 Å². The molecule has 0 saturated heterocycles. The van der Waals surface area contributed by atoms with Gasteiger partial charge in [0, 0.05) is 32.9 Å². The van der Waals surface area contributed by atoms with E-state index in [2.05, 4.69) is 31.5 Å². The number of carbonyl (C=O) groups excluding carboxylic acids is 2. The molecule has 3 aromatic carbocycles. The molecule has 9 heteroatoms. The molecule has 0 heterocycles. The summed E-state index contributed by atoms with van der Waals surface area (Å²) in [6.45, 7) is 0. The summed E-state index contributed by atoms with van der Waals surface area (Å²) >= 11 is 3.27. The molecule has 0 bridgehead atoms. The predicted molar refractivity (Wildman–Crippen MR) is 121 cm³/mol. The fourth-order valence-electron chi connectivity index (χ4n) is 3.04. The highest BCUT2D eigenvalue weighted by atomic mass is 79.9. The predicted octanol–water partition coefficient (Wildman–Crippen LogP) is 3.72. The maximum absolute atomic E-state index is 12.5. The molecule has 7 nitrogen and oxygen atoms in total. The quantitative estimate of drug-likeness (QED) is 0.450. The molecule has 156 valence electrons. The van der Waals surface area contributed by atoms with E-state index < -0.39 is 15.9 Å². The van der Waals surface area contributed by atoms with Gasteiger partial charge in [-0.3, -0.25) is 25.2 Å². The number of allylic oxidation sites excluding steroid dienone is 1. The smallest absolute Gasteiger partial charge is 0.269 e. The van der Waals surface area contributed by atoms with Gasteiger partial charge in [0.15, 0.2) is 5.78 Å². The lowest BCUT2D eigenvalue weighted by Gasteiger charge is -2.11. The van der Waals surface area contributed by atoms with E-state index in [0.29, 0.717) is 28.1 Å². The van der Waals surface area contributed by atoms with Crippen molar-refractivity contribution in [1.29, 1.82) is 0 Å². The van der Waals surface area contributed by atoms with Crippen LogP contribution >= 0.6 is 15.9 Å². The first-order valence-electron chi connectivity index (χ1n) is 9.14. The molecule has 1 amide bonds. The largest absolute Gasteiger partial charge is 0.298 e. The molecule has 1 aliphatic carbocycles. The number of sulfonamides is 1. The van der Waals surface area contributed by atoms with Gasteiger partial charge < -0.3 is 0 Å². The monoisotopic (exact) mass is 497 g/mol. The van der Waals surface area contributed by atoms with E-state index in [9.17, 15) is 18.0 Å². The lowest BCUT2D eigenvalue weighted by Crippen LogP contribution is -2.35. The van der Waals surface area contributed by atoms with Crippen LogP contribution < -0.4 is 15.6 Å². The highest BCUT2D eigenvalue weighted by Crippen LogP contribution is 2.24. The minimum atomic E-state index is -3.74. The Morgan fingerprint density at radius 3 is 2.16 bits per heavy atom. The minimum Gasteiger partial charge on any atom is -0.298 e. The van der Waals surface area contributed by atoms with E-state index in [0.717, 1.165) is 4.47 Å². The van der Waals surface area contributed by atoms with Crippen molar-refractivity contribution in [3.05, 3.63) is 100 Å². The number of carbonyl (C=O) groups is 2. The topological polar surface area (TPSA) is 104 Å². The second-order valence-electron chi connectivity index (χ2n) is 6.68. The van der Waals surface area contributed by atoms with Crippen LogP contribution in [0.2, 0.25) is 0 Å². The summed E-state index contributed by atoms with van der Waals surface area (Å²) < 4.78 is 28.2. The lowest BCUT2D eigenvalue weighted by atomic mass is 10.1. The highest BCUT2D eigenvalue weighted by Gasteiger charge is 2.21. The number of hydrazine groups is 1. The Morgan fingerprint density at radius 1 is 0.839 bits per heavy atom. The van der Waals surface area contributed by atoms with Crippen LogP contribution in [0.5, 0.6) is 0 Å². The molecule has 0 saturated carbocycles. The Kier molecular flexibility index (Phi) is 5.62. The standard InChI is InChI=1S/C22H16BrN3O4S/c23-15-7-11-17(12-8-15)31(29,30)26-16-9-5-14(6-10-16)22(28)25-24-20-13-21(27)19-4-2-1-3-18(19)20/h1-13,24,26H,(H,25,28). The number of fused-ring (bicyclic) bond motifs is 1. The van der Waals surface area contributed by atoms with Crippen LogP contribution in [0.15, 0.2) is 88.2 Å². The second-order valence-corrected chi connectivity index (χ2v) is 9.28. The third kappa shape index (κ3) is 4.52. The number of nitrogens with one attached hydrogen (secondary N) is 3. The van der Waals surface area contributed by atoms with Gasteiger partial charge in [-0.15, -0.1) is 0 Å². The van der Waals surface area contributed by atoms with Crippen LogP contribution in [-0.4, -0.2) is 20.1 Å². The highest BCUT2D eigenvalue weighted by molar-refractivity contribution is 9.10. The first-order chi connectivity index (χ1) is 14.8. The van der Waals surface area contributed by atoms with Crippen molar-refractivity contribution < 1.29 is 18.0 Å². The molecule has 3 aromatic rings. The molecule has 0 aromatic heterocycles. The van der Waals surface area contributed by atoms with Crippen LogP contribution in [0.25, 0.3) is 5.70 Å². The van der Waals surface area contributed by atoms with Crippen molar-refractivity contribution in [2.45, 2.75) is 4.90 Å². The minimum absolute atomic E-state index is 0.126. The molecular formula is C22H16BrN3O4S. The molecule has 0 aliphatic heterocycles. The van der Waals surface area contributed by atoms with Gasteiger partial charge in [-0.05, 0) is 48.5 Å². The first-order valence-corrected chi connectivity index (χ1v) is 11.4. The van der Waals surface area contributed by atoms with Crippen molar-refractivity contribution in [3.8, 4) is 0 Å². The van der Waals surface area contributed by atoms with Crippen LogP contribution in [-0.2, 0) is 10.0 Å². The molecule has 0 fully saturated rings. The maximum Gasteiger partial charge on any atom is 0.269 e. The summed E-state index contributed by atoms with van der Waals surface area (Å²) in [4.78, 5) is 24.5. The Labute approximate surface area is 187 Å². The summed E-state index contributed by atoms with van der Waals surface area (Å²) in [6.07, 6.45) is 1.42. The van der Waals surface area contributed by atoms with Gasteiger partial charge >= 0.3 is 0 Å². The second kappa shape index (κ2) is 8.37. The van der Waals surface area contributed by atoms with Crippen LogP contribution in [0.1, 0.15) is 26.3 Å². The Morgan fingerprint density at radius 2 is 1.48 bits per heavy atom. The molecule has 0 spiro atoms. The van der Waals surface area contributed by atoms with Crippen molar-refractivity contribution in [1.82, 2.24) is 10.9 Å². The number of anilines is 1. The Hall–Kier alpha value is -3.43. The zero-order valence-electron chi connectivity index (χ0n) is 15.9. The van der Waals surface area contributed by atoms with Crippen LogP contribution in [0, 0.1) is 0 Å². The fourth-order valence-corrected chi connectivity index (χ4v) is 4.36. The molecule has 31 heavy (non-hydrogen) atoms. The lowest BCUT2D eigenvalue weighted by molar-refractivity contribution is 0.0941. The van der Waals surface area contributed by atoms with Gasteiger partial charge in [0.05, 0.1) is 10.6 Å². The number of hydrogen-bond donors (Lipinski definition) is 3. The summed E-state index contributed by atoms with van der Waals surface area (Å²) in [5, 5.41) is 0. The van der Waals surface area contributed by atoms with E-state index in [-0.39, 0.29) is 10.7 Å². The van der Waals surface area contributed by atoms with Gasteiger partial charge in [0.1, 0.15) is 0 Å². The molecule has 1 aliphatic rings. The zero-order chi connectivity index (χ0) is 22.0. The molecule has 3 N–H and O–H groups in total. The van der Waals surface area contributed by atoms with Crippen LogP contribution in [0.4, 0.5) is 5.69 Å². The number of amides is 1. The molecule has 0 radical (unpaired) electrons. The molecule has 0 unspecified atom stereocenters. The van der Waals surface area contributed by atoms with Gasteiger partial charge in [-0.1, -0.05) is 40.2 Å². The van der Waals surface area contributed by atoms with Gasteiger partial charge in [0.2, 0.25) is 0 Å². The normalized spacial score (nSPS) is 12.7. The zero-order valence-corrected chi connectivity index (χ0v) is 18.3. The summed E-state index contributed by atoms with van der Waals surface area (Å²) in [5.74, 6) is -0.560. The number of benzene rings is 3. The van der Waals surface area contributed by atoms with E-state index in [1.54, 1.807) is 30.3 Å². The third-order valence-corrected chi connectivity index (χ3v) is 6.52. The average Bonchev–Trinajstić information content (AvgIpc) is 3.08. The number of ketones is 1. The van der Waals surface area contributed by atoms with Gasteiger partial charge in [-0.2, -0.15) is 0 Å². The summed E-state index contributed by atoms with van der Waals surface area (Å²) in [6, 6.07) is 19.3. The summed E-state index contributed by atoms with van der Waals surface area (Å²) in [7, 11) is -3.74. The SMILES string of the molecule is O=C(NNC1=CC(=O)c2ccccc21)c1ccc(NS(=O)(=O)c2ccc(Br)cc2)cc1. The molecule has 0 atom stereocenters.